The van der Waals surface area contributed by atoms with Crippen LogP contribution in [0.5, 0.6) is 5.75 Å². The van der Waals surface area contributed by atoms with Gasteiger partial charge in [-0.15, -0.1) is 0 Å². The molecule has 1 aliphatic rings. The Morgan fingerprint density at radius 3 is 3.09 bits per heavy atom. The van der Waals surface area contributed by atoms with Crippen molar-refractivity contribution in [3.63, 3.8) is 0 Å². The van der Waals surface area contributed by atoms with Gasteiger partial charge in [-0.25, -0.2) is 0 Å². The number of aryl methyl sites for hydroxylation is 2. The highest BCUT2D eigenvalue weighted by atomic mass is 16.5. The van der Waals surface area contributed by atoms with Gasteiger partial charge in [0.1, 0.15) is 5.75 Å². The average molecular weight is 301 g/mol. The minimum absolute atomic E-state index is 0.0306. The Morgan fingerprint density at radius 2 is 2.27 bits per heavy atom. The van der Waals surface area contributed by atoms with Gasteiger partial charge in [0.05, 0.1) is 12.6 Å². The fraction of sp³-hybridized carbons (Fsp3) is 0.438. The lowest BCUT2D eigenvalue weighted by atomic mass is 10.0. The van der Waals surface area contributed by atoms with Gasteiger partial charge >= 0.3 is 0 Å². The largest absolute Gasteiger partial charge is 0.493 e. The highest BCUT2D eigenvalue weighted by Crippen LogP contribution is 2.31. The molecule has 0 radical (unpaired) electrons. The first-order chi connectivity index (χ1) is 10.7. The molecule has 0 fully saturated rings. The number of carbonyl (C=O) groups excluding carboxylic acids is 1. The molecular formula is C16H19N3O3. The molecule has 0 saturated carbocycles. The summed E-state index contributed by atoms with van der Waals surface area (Å²) in [5.74, 6) is 2.11. The van der Waals surface area contributed by atoms with E-state index in [1.165, 1.54) is 0 Å². The number of benzene rings is 1. The summed E-state index contributed by atoms with van der Waals surface area (Å²) in [7, 11) is 0. The number of rotatable bonds is 5. The van der Waals surface area contributed by atoms with Crippen molar-refractivity contribution in [1.29, 1.82) is 0 Å². The molecule has 0 saturated heterocycles. The fourth-order valence-corrected chi connectivity index (χ4v) is 2.60. The van der Waals surface area contributed by atoms with Crippen molar-refractivity contribution in [3.05, 3.63) is 41.5 Å². The minimum atomic E-state index is 0.0306. The molecule has 0 unspecified atom stereocenters. The van der Waals surface area contributed by atoms with E-state index in [2.05, 4.69) is 15.5 Å². The standard InChI is InChI=1S/C16H19N3O3/c1-11-17-16(22-19-11)8-4-7-15(20)18-13-9-10-21-14-6-3-2-5-12(13)14/h2-3,5-6,13H,4,7-10H2,1H3,(H,18,20)/t13-/m0/s1. The van der Waals surface area contributed by atoms with Crippen molar-refractivity contribution in [2.75, 3.05) is 6.61 Å². The summed E-state index contributed by atoms with van der Waals surface area (Å²) < 4.78 is 10.6. The van der Waals surface area contributed by atoms with Crippen LogP contribution in [0, 0.1) is 6.92 Å². The lowest BCUT2D eigenvalue weighted by molar-refractivity contribution is -0.122. The van der Waals surface area contributed by atoms with Gasteiger partial charge in [-0.1, -0.05) is 23.4 Å². The molecule has 2 heterocycles. The van der Waals surface area contributed by atoms with Crippen molar-refractivity contribution < 1.29 is 14.1 Å². The van der Waals surface area contributed by atoms with E-state index >= 15 is 0 Å². The SMILES string of the molecule is Cc1noc(CCCC(=O)N[C@H]2CCOc3ccccc32)n1. The molecule has 1 amide bonds. The summed E-state index contributed by atoms with van der Waals surface area (Å²) in [5.41, 5.74) is 1.05. The molecular weight excluding hydrogens is 282 g/mol. The number of amides is 1. The lowest BCUT2D eigenvalue weighted by Crippen LogP contribution is -2.32. The van der Waals surface area contributed by atoms with Crippen molar-refractivity contribution in [3.8, 4) is 5.75 Å². The van der Waals surface area contributed by atoms with Gasteiger partial charge in [-0.3, -0.25) is 4.79 Å². The molecule has 0 spiro atoms. The van der Waals surface area contributed by atoms with Gasteiger partial charge in [0, 0.05) is 24.8 Å². The zero-order valence-electron chi connectivity index (χ0n) is 12.5. The fourth-order valence-electron chi connectivity index (χ4n) is 2.60. The molecule has 1 atom stereocenters. The maximum absolute atomic E-state index is 12.1. The lowest BCUT2D eigenvalue weighted by Gasteiger charge is -2.26. The van der Waals surface area contributed by atoms with Crippen LogP contribution in [-0.4, -0.2) is 22.7 Å². The predicted octanol–water partition coefficient (Wildman–Crippen LogP) is 2.34. The number of nitrogens with zero attached hydrogens (tertiary/aromatic N) is 2. The highest BCUT2D eigenvalue weighted by molar-refractivity contribution is 5.76. The number of aromatic nitrogens is 2. The van der Waals surface area contributed by atoms with Crippen LogP contribution in [0.2, 0.25) is 0 Å². The zero-order valence-corrected chi connectivity index (χ0v) is 12.5. The number of hydrogen-bond acceptors (Lipinski definition) is 5. The van der Waals surface area contributed by atoms with Crippen molar-refractivity contribution >= 4 is 5.91 Å². The van der Waals surface area contributed by atoms with E-state index in [9.17, 15) is 4.79 Å². The van der Waals surface area contributed by atoms with Gasteiger partial charge in [-0.2, -0.15) is 4.98 Å². The van der Waals surface area contributed by atoms with Gasteiger partial charge in [0.2, 0.25) is 11.8 Å². The predicted molar refractivity (Wildman–Crippen MR) is 79.4 cm³/mol. The van der Waals surface area contributed by atoms with E-state index in [0.717, 1.165) is 17.7 Å². The summed E-state index contributed by atoms with van der Waals surface area (Å²) >= 11 is 0. The Hall–Kier alpha value is -2.37. The highest BCUT2D eigenvalue weighted by Gasteiger charge is 2.22. The second kappa shape index (κ2) is 6.60. The minimum Gasteiger partial charge on any atom is -0.493 e. The molecule has 116 valence electrons. The Kier molecular flexibility index (Phi) is 4.37. The summed E-state index contributed by atoms with van der Waals surface area (Å²) in [6.45, 7) is 2.41. The quantitative estimate of drug-likeness (QED) is 0.917. The normalized spacial score (nSPS) is 16.7. The van der Waals surface area contributed by atoms with Crippen LogP contribution in [0.25, 0.3) is 0 Å². The van der Waals surface area contributed by atoms with Crippen molar-refractivity contribution in [2.45, 2.75) is 38.6 Å². The Balaban J connectivity index is 1.50. The van der Waals surface area contributed by atoms with Crippen LogP contribution in [0.3, 0.4) is 0 Å². The monoisotopic (exact) mass is 301 g/mol. The van der Waals surface area contributed by atoms with Crippen LogP contribution < -0.4 is 10.1 Å². The molecule has 0 aliphatic carbocycles. The van der Waals surface area contributed by atoms with Gasteiger partial charge < -0.3 is 14.6 Å². The topological polar surface area (TPSA) is 77.2 Å². The Bertz CT molecular complexity index is 654. The second-order valence-corrected chi connectivity index (χ2v) is 5.38. The summed E-state index contributed by atoms with van der Waals surface area (Å²) in [4.78, 5) is 16.2. The summed E-state index contributed by atoms with van der Waals surface area (Å²) in [6.07, 6.45) is 2.56. The van der Waals surface area contributed by atoms with E-state index in [4.69, 9.17) is 9.26 Å². The first-order valence-electron chi connectivity index (χ1n) is 7.52. The number of para-hydroxylation sites is 1. The third-order valence-electron chi connectivity index (χ3n) is 3.66. The Labute approximate surface area is 128 Å². The van der Waals surface area contributed by atoms with E-state index < -0.39 is 0 Å². The smallest absolute Gasteiger partial charge is 0.226 e. The van der Waals surface area contributed by atoms with E-state index in [0.29, 0.717) is 37.6 Å². The molecule has 6 nitrogen and oxygen atoms in total. The molecule has 1 aliphatic heterocycles. The maximum atomic E-state index is 12.1. The van der Waals surface area contributed by atoms with Crippen LogP contribution in [0.4, 0.5) is 0 Å². The second-order valence-electron chi connectivity index (χ2n) is 5.38. The zero-order chi connectivity index (χ0) is 15.4. The van der Waals surface area contributed by atoms with E-state index in [-0.39, 0.29) is 11.9 Å². The molecule has 0 bridgehead atoms. The average Bonchev–Trinajstić information content (AvgIpc) is 2.93. The molecule has 6 heteroatoms. The van der Waals surface area contributed by atoms with Gasteiger partial charge in [0.15, 0.2) is 5.82 Å². The van der Waals surface area contributed by atoms with Crippen LogP contribution >= 0.6 is 0 Å². The third kappa shape index (κ3) is 3.44. The van der Waals surface area contributed by atoms with E-state index in [1.807, 2.05) is 24.3 Å². The van der Waals surface area contributed by atoms with Crippen molar-refractivity contribution in [2.24, 2.45) is 0 Å². The van der Waals surface area contributed by atoms with Gasteiger partial charge in [0.25, 0.3) is 0 Å². The van der Waals surface area contributed by atoms with Crippen LogP contribution in [-0.2, 0) is 11.2 Å². The Morgan fingerprint density at radius 1 is 1.41 bits per heavy atom. The molecule has 22 heavy (non-hydrogen) atoms. The van der Waals surface area contributed by atoms with Crippen LogP contribution in [0.1, 0.15) is 42.6 Å². The van der Waals surface area contributed by atoms with E-state index in [1.54, 1.807) is 6.92 Å². The van der Waals surface area contributed by atoms with Gasteiger partial charge in [-0.05, 0) is 19.4 Å². The number of hydrogen-bond donors (Lipinski definition) is 1. The number of fused-ring (bicyclic) bond motifs is 1. The molecule has 2 aromatic rings. The maximum Gasteiger partial charge on any atom is 0.226 e. The summed E-state index contributed by atoms with van der Waals surface area (Å²) in [6, 6.07) is 7.87. The molecule has 3 rings (SSSR count). The number of ether oxygens (including phenoxy) is 1. The third-order valence-corrected chi connectivity index (χ3v) is 3.66. The molecule has 1 aromatic carbocycles. The first kappa shape index (κ1) is 14.6. The van der Waals surface area contributed by atoms with Crippen LogP contribution in [0.15, 0.2) is 28.8 Å². The number of carbonyl (C=O) groups is 1. The first-order valence-corrected chi connectivity index (χ1v) is 7.52. The molecule has 1 aromatic heterocycles. The number of nitrogens with one attached hydrogen (secondary N) is 1. The summed E-state index contributed by atoms with van der Waals surface area (Å²) in [5, 5.41) is 6.81. The molecule has 1 N–H and O–H groups in total. The van der Waals surface area contributed by atoms with Crippen molar-refractivity contribution in [1.82, 2.24) is 15.5 Å².